The highest BCUT2D eigenvalue weighted by Crippen LogP contribution is 2.28. The molecule has 4 aromatic rings. The molecule has 1 N–H and O–H groups in total. The number of carbonyl (C=O) groups excluding carboxylic acids is 1. The van der Waals surface area contributed by atoms with Gasteiger partial charge in [-0.1, -0.05) is 48.5 Å². The Balaban J connectivity index is 1.35. The zero-order valence-electron chi connectivity index (χ0n) is 21.4. The van der Waals surface area contributed by atoms with Gasteiger partial charge in [-0.2, -0.15) is 0 Å². The molecule has 5 rings (SSSR count). The van der Waals surface area contributed by atoms with Crippen molar-refractivity contribution in [1.29, 1.82) is 0 Å². The minimum Gasteiger partial charge on any atom is -0.497 e. The van der Waals surface area contributed by atoms with Crippen LogP contribution >= 0.6 is 0 Å². The number of nitrogens with one attached hydrogen (secondary N) is 1. The lowest BCUT2D eigenvalue weighted by Gasteiger charge is -2.40. The van der Waals surface area contributed by atoms with Crippen LogP contribution in [0.15, 0.2) is 85.1 Å². The first-order valence-corrected chi connectivity index (χ1v) is 12.8. The maximum atomic E-state index is 13.8. The Labute approximate surface area is 218 Å². The van der Waals surface area contributed by atoms with Gasteiger partial charge in [-0.3, -0.25) is 9.78 Å². The molecule has 6 nitrogen and oxygen atoms in total. The molecule has 0 aliphatic carbocycles. The van der Waals surface area contributed by atoms with Gasteiger partial charge in [0.25, 0.3) is 5.91 Å². The molecule has 37 heavy (non-hydrogen) atoms. The van der Waals surface area contributed by atoms with E-state index in [4.69, 9.17) is 9.47 Å². The Morgan fingerprint density at radius 2 is 1.70 bits per heavy atom. The van der Waals surface area contributed by atoms with Crippen LogP contribution in [0.1, 0.15) is 34.3 Å². The van der Waals surface area contributed by atoms with Crippen molar-refractivity contribution >= 4 is 16.8 Å². The van der Waals surface area contributed by atoms with Gasteiger partial charge in [0.1, 0.15) is 11.5 Å². The van der Waals surface area contributed by atoms with Crippen molar-refractivity contribution in [3.63, 3.8) is 0 Å². The summed E-state index contributed by atoms with van der Waals surface area (Å²) in [7, 11) is 3.20. The first-order chi connectivity index (χ1) is 18.1. The molecule has 2 unspecified atom stereocenters. The number of fused-ring (bicyclic) bond motifs is 1. The molecule has 0 bridgehead atoms. The lowest BCUT2D eigenvalue weighted by molar-refractivity contribution is 0.0575. The molecule has 1 amide bonds. The summed E-state index contributed by atoms with van der Waals surface area (Å²) in [6, 6.07) is 26.5. The third-order valence-electron chi connectivity index (χ3n) is 7.21. The lowest BCUT2D eigenvalue weighted by atomic mass is 9.91. The Morgan fingerprint density at radius 3 is 2.46 bits per heavy atom. The standard InChI is InChI=1S/C31H33N3O3/c1-36-27-17-24(18-28(20-27)37-2)31(35)34-15-13-25(19-26(34)16-22-8-4-3-5-9-22)33-21-23-12-14-32-30-11-7-6-10-29(23)30/h3-12,14,17-18,20,25-26,33H,13,15-16,19,21H2,1-2H3. The zero-order valence-corrected chi connectivity index (χ0v) is 21.4. The molecule has 1 aromatic heterocycles. The quantitative estimate of drug-likeness (QED) is 0.361. The monoisotopic (exact) mass is 495 g/mol. The van der Waals surface area contributed by atoms with Gasteiger partial charge < -0.3 is 19.7 Å². The Bertz CT molecular complexity index is 1330. The summed E-state index contributed by atoms with van der Waals surface area (Å²) >= 11 is 0. The Hall–Kier alpha value is -3.90. The number of para-hydroxylation sites is 1. The van der Waals surface area contributed by atoms with E-state index in [-0.39, 0.29) is 11.9 Å². The maximum absolute atomic E-state index is 13.8. The summed E-state index contributed by atoms with van der Waals surface area (Å²) < 4.78 is 10.8. The number of ether oxygens (including phenoxy) is 2. The molecule has 0 radical (unpaired) electrons. The van der Waals surface area contributed by atoms with Gasteiger partial charge in [0, 0.05) is 48.4 Å². The average molecular weight is 496 g/mol. The van der Waals surface area contributed by atoms with Crippen LogP contribution in [0.4, 0.5) is 0 Å². The highest BCUT2D eigenvalue weighted by Gasteiger charge is 2.32. The molecule has 0 saturated carbocycles. The van der Waals surface area contributed by atoms with E-state index in [2.05, 4.69) is 52.8 Å². The van der Waals surface area contributed by atoms with Crippen molar-refractivity contribution in [3.05, 3.63) is 102 Å². The van der Waals surface area contributed by atoms with Crippen molar-refractivity contribution < 1.29 is 14.3 Å². The van der Waals surface area contributed by atoms with Gasteiger partial charge >= 0.3 is 0 Å². The Kier molecular flexibility index (Phi) is 7.66. The minimum atomic E-state index is 0.0108. The van der Waals surface area contributed by atoms with E-state index >= 15 is 0 Å². The summed E-state index contributed by atoms with van der Waals surface area (Å²) in [5, 5.41) is 4.95. The van der Waals surface area contributed by atoms with E-state index in [0.717, 1.165) is 31.3 Å². The number of hydrogen-bond acceptors (Lipinski definition) is 5. The fourth-order valence-electron chi connectivity index (χ4n) is 5.24. The highest BCUT2D eigenvalue weighted by atomic mass is 16.5. The summed E-state index contributed by atoms with van der Waals surface area (Å²) in [4.78, 5) is 20.3. The fraction of sp³-hybridized carbons (Fsp3) is 0.290. The molecule has 1 aliphatic heterocycles. The number of benzene rings is 3. The molecule has 2 heterocycles. The summed E-state index contributed by atoms with van der Waals surface area (Å²) in [6.45, 7) is 1.46. The number of amides is 1. The first-order valence-electron chi connectivity index (χ1n) is 12.8. The van der Waals surface area contributed by atoms with Crippen molar-refractivity contribution in [3.8, 4) is 11.5 Å². The number of aromatic nitrogens is 1. The van der Waals surface area contributed by atoms with Crippen molar-refractivity contribution in [1.82, 2.24) is 15.2 Å². The van der Waals surface area contributed by atoms with E-state index in [1.54, 1.807) is 32.4 Å². The first kappa shape index (κ1) is 24.8. The number of rotatable bonds is 8. The number of pyridine rings is 1. The van der Waals surface area contributed by atoms with Crippen LogP contribution in [-0.4, -0.2) is 48.6 Å². The normalized spacial score (nSPS) is 17.5. The van der Waals surface area contributed by atoms with Gasteiger partial charge in [0.2, 0.25) is 0 Å². The summed E-state index contributed by atoms with van der Waals surface area (Å²) in [6.07, 6.45) is 4.46. The second kappa shape index (κ2) is 11.4. The van der Waals surface area contributed by atoms with Crippen molar-refractivity contribution in [2.75, 3.05) is 20.8 Å². The predicted molar refractivity (Wildman–Crippen MR) is 146 cm³/mol. The predicted octanol–water partition coefficient (Wildman–Crippen LogP) is 5.26. The number of nitrogens with zero attached hydrogens (tertiary/aromatic N) is 2. The second-order valence-electron chi connectivity index (χ2n) is 9.53. The second-order valence-corrected chi connectivity index (χ2v) is 9.53. The van der Waals surface area contributed by atoms with E-state index in [1.807, 2.05) is 29.3 Å². The smallest absolute Gasteiger partial charge is 0.254 e. The SMILES string of the molecule is COc1cc(OC)cc(C(=O)N2CCC(NCc3ccnc4ccccc34)CC2Cc2ccccc2)c1. The number of carbonyl (C=O) groups is 1. The van der Waals surface area contributed by atoms with Crippen LogP contribution in [0, 0.1) is 0 Å². The van der Waals surface area contributed by atoms with Crippen LogP contribution in [-0.2, 0) is 13.0 Å². The molecule has 1 aliphatic rings. The van der Waals surface area contributed by atoms with Crippen LogP contribution in [0.3, 0.4) is 0 Å². The van der Waals surface area contributed by atoms with E-state index in [0.29, 0.717) is 29.6 Å². The number of likely N-dealkylation sites (tertiary alicyclic amines) is 1. The molecule has 3 aromatic carbocycles. The van der Waals surface area contributed by atoms with Gasteiger partial charge in [0.05, 0.1) is 19.7 Å². The lowest BCUT2D eigenvalue weighted by Crippen LogP contribution is -2.51. The Morgan fingerprint density at radius 1 is 0.973 bits per heavy atom. The maximum Gasteiger partial charge on any atom is 0.254 e. The van der Waals surface area contributed by atoms with E-state index in [9.17, 15) is 4.79 Å². The number of hydrogen-bond donors (Lipinski definition) is 1. The van der Waals surface area contributed by atoms with Crippen molar-refractivity contribution in [2.45, 2.75) is 37.9 Å². The molecule has 190 valence electrons. The topological polar surface area (TPSA) is 63.7 Å². The van der Waals surface area contributed by atoms with Gasteiger partial charge in [-0.25, -0.2) is 0 Å². The van der Waals surface area contributed by atoms with Crippen LogP contribution in [0.2, 0.25) is 0 Å². The highest BCUT2D eigenvalue weighted by molar-refractivity contribution is 5.95. The number of methoxy groups -OCH3 is 2. The third-order valence-corrected chi connectivity index (χ3v) is 7.21. The zero-order chi connectivity index (χ0) is 25.6. The van der Waals surface area contributed by atoms with Crippen LogP contribution in [0.5, 0.6) is 11.5 Å². The van der Waals surface area contributed by atoms with E-state index < -0.39 is 0 Å². The molecule has 0 spiro atoms. The number of piperidine rings is 1. The average Bonchev–Trinajstić information content (AvgIpc) is 2.96. The van der Waals surface area contributed by atoms with Gasteiger partial charge in [0.15, 0.2) is 0 Å². The fourth-order valence-corrected chi connectivity index (χ4v) is 5.24. The molecular weight excluding hydrogens is 462 g/mol. The van der Waals surface area contributed by atoms with Crippen molar-refractivity contribution in [2.24, 2.45) is 0 Å². The van der Waals surface area contributed by atoms with Crippen LogP contribution in [0.25, 0.3) is 10.9 Å². The van der Waals surface area contributed by atoms with Crippen LogP contribution < -0.4 is 14.8 Å². The minimum absolute atomic E-state index is 0.0108. The third kappa shape index (κ3) is 5.75. The molecule has 6 heteroatoms. The van der Waals surface area contributed by atoms with Gasteiger partial charge in [-0.05, 0) is 54.7 Å². The molecule has 1 saturated heterocycles. The van der Waals surface area contributed by atoms with Gasteiger partial charge in [-0.15, -0.1) is 0 Å². The summed E-state index contributed by atoms with van der Waals surface area (Å²) in [5.74, 6) is 1.24. The molecule has 1 fully saturated rings. The largest absolute Gasteiger partial charge is 0.497 e. The summed E-state index contributed by atoms with van der Waals surface area (Å²) in [5.41, 5.74) is 4.07. The molecule has 2 atom stereocenters. The molecular formula is C31H33N3O3. The van der Waals surface area contributed by atoms with E-state index in [1.165, 1.54) is 16.5 Å².